The first kappa shape index (κ1) is 18.9. The zero-order valence-electron chi connectivity index (χ0n) is 14.2. The summed E-state index contributed by atoms with van der Waals surface area (Å²) in [5, 5.41) is 0. The van der Waals surface area contributed by atoms with E-state index < -0.39 is 9.84 Å². The lowest BCUT2D eigenvalue weighted by molar-refractivity contribution is 0.0721. The monoisotopic (exact) mass is 433 g/mol. The van der Waals surface area contributed by atoms with Crippen molar-refractivity contribution in [1.29, 1.82) is 0 Å². The van der Waals surface area contributed by atoms with Crippen LogP contribution >= 0.6 is 15.9 Å². The van der Waals surface area contributed by atoms with E-state index in [4.69, 9.17) is 0 Å². The van der Waals surface area contributed by atoms with Crippen LogP contribution in [0.3, 0.4) is 0 Å². The van der Waals surface area contributed by atoms with Crippen molar-refractivity contribution in [3.05, 3.63) is 76.3 Å². The van der Waals surface area contributed by atoms with Crippen molar-refractivity contribution in [3.8, 4) is 0 Å². The highest BCUT2D eigenvalue weighted by atomic mass is 79.9. The van der Waals surface area contributed by atoms with Gasteiger partial charge >= 0.3 is 0 Å². The molecule has 1 aliphatic rings. The SMILES string of the molecule is O=C(c1ccc(Br)cc1)N(C/C=C/c1ccccc1)[C@H]1CCS(=O)(=O)C1. The van der Waals surface area contributed by atoms with E-state index in [0.717, 1.165) is 10.0 Å². The zero-order chi connectivity index (χ0) is 18.6. The van der Waals surface area contributed by atoms with Crippen molar-refractivity contribution in [3.63, 3.8) is 0 Å². The summed E-state index contributed by atoms with van der Waals surface area (Å²) >= 11 is 3.37. The number of benzene rings is 2. The fraction of sp³-hybridized carbons (Fsp3) is 0.250. The van der Waals surface area contributed by atoms with Crippen LogP contribution in [-0.2, 0) is 9.84 Å². The second kappa shape index (κ2) is 8.18. The predicted molar refractivity (Wildman–Crippen MR) is 108 cm³/mol. The van der Waals surface area contributed by atoms with Gasteiger partial charge in [-0.2, -0.15) is 0 Å². The average molecular weight is 434 g/mol. The van der Waals surface area contributed by atoms with E-state index in [2.05, 4.69) is 15.9 Å². The smallest absolute Gasteiger partial charge is 0.254 e. The van der Waals surface area contributed by atoms with Gasteiger partial charge in [-0.05, 0) is 36.2 Å². The van der Waals surface area contributed by atoms with Gasteiger partial charge < -0.3 is 4.90 Å². The van der Waals surface area contributed by atoms with Crippen LogP contribution in [0.15, 0.2) is 65.1 Å². The second-order valence-corrected chi connectivity index (χ2v) is 9.48. The predicted octanol–water partition coefficient (Wildman–Crippen LogP) is 3.79. The Labute approximate surface area is 162 Å². The minimum absolute atomic E-state index is 0.0362. The first-order chi connectivity index (χ1) is 12.4. The van der Waals surface area contributed by atoms with Gasteiger partial charge in [0, 0.05) is 22.6 Å². The Bertz CT molecular complexity index is 892. The number of hydrogen-bond acceptors (Lipinski definition) is 3. The van der Waals surface area contributed by atoms with Crippen LogP contribution < -0.4 is 0 Å². The molecule has 0 aliphatic carbocycles. The van der Waals surface area contributed by atoms with Crippen LogP contribution in [0.2, 0.25) is 0 Å². The molecule has 136 valence electrons. The normalized spacial score (nSPS) is 18.9. The summed E-state index contributed by atoms with van der Waals surface area (Å²) in [4.78, 5) is 14.7. The topological polar surface area (TPSA) is 54.5 Å². The standard InChI is InChI=1S/C20H20BrNO3S/c21-18-10-8-17(9-11-18)20(23)22(19-12-14-26(24,25)15-19)13-4-7-16-5-2-1-3-6-16/h1-11,19H,12-15H2/b7-4+/t19-/m0/s1. The number of rotatable bonds is 5. The number of carbonyl (C=O) groups excluding carboxylic acids is 1. The molecule has 1 atom stereocenters. The highest BCUT2D eigenvalue weighted by molar-refractivity contribution is 9.10. The third kappa shape index (κ3) is 4.83. The fourth-order valence-electron chi connectivity index (χ4n) is 3.04. The number of amides is 1. The molecule has 1 saturated heterocycles. The van der Waals surface area contributed by atoms with Crippen molar-refractivity contribution in [2.24, 2.45) is 0 Å². The van der Waals surface area contributed by atoms with E-state index in [0.29, 0.717) is 18.5 Å². The average Bonchev–Trinajstić information content (AvgIpc) is 2.99. The van der Waals surface area contributed by atoms with Crippen molar-refractivity contribution >= 4 is 37.8 Å². The highest BCUT2D eigenvalue weighted by Crippen LogP contribution is 2.21. The molecule has 1 fully saturated rings. The molecule has 4 nitrogen and oxygen atoms in total. The summed E-state index contributed by atoms with van der Waals surface area (Å²) in [7, 11) is -3.07. The Balaban J connectivity index is 1.80. The molecule has 1 aliphatic heterocycles. The second-order valence-electron chi connectivity index (χ2n) is 6.33. The van der Waals surface area contributed by atoms with Crippen LogP contribution in [0.1, 0.15) is 22.3 Å². The van der Waals surface area contributed by atoms with Crippen molar-refractivity contribution < 1.29 is 13.2 Å². The van der Waals surface area contributed by atoms with Gasteiger partial charge in [0.25, 0.3) is 5.91 Å². The molecular formula is C20H20BrNO3S. The maximum atomic E-state index is 13.0. The van der Waals surface area contributed by atoms with Gasteiger partial charge in [-0.15, -0.1) is 0 Å². The third-order valence-electron chi connectivity index (χ3n) is 4.41. The van der Waals surface area contributed by atoms with E-state index in [1.807, 2.05) is 54.6 Å². The zero-order valence-corrected chi connectivity index (χ0v) is 16.6. The van der Waals surface area contributed by atoms with Gasteiger partial charge in [0.05, 0.1) is 11.5 Å². The van der Waals surface area contributed by atoms with Gasteiger partial charge in [-0.3, -0.25) is 4.79 Å². The van der Waals surface area contributed by atoms with Crippen LogP contribution in [0, 0.1) is 0 Å². The molecule has 2 aromatic rings. The van der Waals surface area contributed by atoms with Crippen molar-refractivity contribution in [2.75, 3.05) is 18.1 Å². The minimum atomic E-state index is -3.07. The summed E-state index contributed by atoms with van der Waals surface area (Å²) in [6, 6.07) is 16.7. The molecule has 0 aromatic heterocycles. The molecule has 0 saturated carbocycles. The number of halogens is 1. The van der Waals surface area contributed by atoms with Crippen LogP contribution in [0.25, 0.3) is 6.08 Å². The molecule has 6 heteroatoms. The Kier molecular flexibility index (Phi) is 5.94. The van der Waals surface area contributed by atoms with Crippen LogP contribution in [0.5, 0.6) is 0 Å². The summed E-state index contributed by atoms with van der Waals surface area (Å²) < 4.78 is 24.7. The fourth-order valence-corrected chi connectivity index (χ4v) is 5.04. The Morgan fingerprint density at radius 3 is 2.42 bits per heavy atom. The van der Waals surface area contributed by atoms with Gasteiger partial charge in [-0.1, -0.05) is 58.4 Å². The van der Waals surface area contributed by atoms with E-state index >= 15 is 0 Å². The number of nitrogens with zero attached hydrogens (tertiary/aromatic N) is 1. The lowest BCUT2D eigenvalue weighted by atomic mass is 10.1. The number of carbonyl (C=O) groups is 1. The molecular weight excluding hydrogens is 414 g/mol. The van der Waals surface area contributed by atoms with E-state index in [-0.39, 0.29) is 23.5 Å². The molecule has 26 heavy (non-hydrogen) atoms. The molecule has 0 radical (unpaired) electrons. The third-order valence-corrected chi connectivity index (χ3v) is 6.69. The molecule has 1 heterocycles. The van der Waals surface area contributed by atoms with E-state index in [1.165, 1.54) is 0 Å². The largest absolute Gasteiger partial charge is 0.331 e. The lowest BCUT2D eigenvalue weighted by Gasteiger charge is -2.27. The maximum absolute atomic E-state index is 13.0. The van der Waals surface area contributed by atoms with Gasteiger partial charge in [0.1, 0.15) is 0 Å². The van der Waals surface area contributed by atoms with Crippen LogP contribution in [0.4, 0.5) is 0 Å². The Morgan fingerprint density at radius 2 is 1.81 bits per heavy atom. The quantitative estimate of drug-likeness (QED) is 0.720. The number of sulfone groups is 1. The first-order valence-electron chi connectivity index (χ1n) is 8.43. The lowest BCUT2D eigenvalue weighted by Crippen LogP contribution is -2.41. The molecule has 0 N–H and O–H groups in total. The van der Waals surface area contributed by atoms with Crippen LogP contribution in [-0.4, -0.2) is 43.3 Å². The molecule has 1 amide bonds. The van der Waals surface area contributed by atoms with Crippen molar-refractivity contribution in [1.82, 2.24) is 4.90 Å². The molecule has 0 spiro atoms. The van der Waals surface area contributed by atoms with E-state index in [1.54, 1.807) is 17.0 Å². The first-order valence-corrected chi connectivity index (χ1v) is 11.0. The molecule has 2 aromatic carbocycles. The Hall–Kier alpha value is -1.92. The van der Waals surface area contributed by atoms with E-state index in [9.17, 15) is 13.2 Å². The summed E-state index contributed by atoms with van der Waals surface area (Å²) in [6.45, 7) is 0.379. The molecule has 0 unspecified atom stereocenters. The van der Waals surface area contributed by atoms with Gasteiger partial charge in [0.2, 0.25) is 0 Å². The summed E-state index contributed by atoms with van der Waals surface area (Å²) in [5.41, 5.74) is 1.60. The Morgan fingerprint density at radius 1 is 1.12 bits per heavy atom. The summed E-state index contributed by atoms with van der Waals surface area (Å²) in [6.07, 6.45) is 4.35. The minimum Gasteiger partial charge on any atom is -0.331 e. The maximum Gasteiger partial charge on any atom is 0.254 e. The van der Waals surface area contributed by atoms with Gasteiger partial charge in [-0.25, -0.2) is 8.42 Å². The highest BCUT2D eigenvalue weighted by Gasteiger charge is 2.34. The summed E-state index contributed by atoms with van der Waals surface area (Å²) in [5.74, 6) is 0.0378. The molecule has 0 bridgehead atoms. The van der Waals surface area contributed by atoms with Gasteiger partial charge in [0.15, 0.2) is 9.84 Å². The van der Waals surface area contributed by atoms with Crippen molar-refractivity contribution in [2.45, 2.75) is 12.5 Å². The number of hydrogen-bond donors (Lipinski definition) is 0. The molecule has 3 rings (SSSR count).